The highest BCUT2D eigenvalue weighted by Gasteiger charge is 2.42. The van der Waals surface area contributed by atoms with Crippen LogP contribution in [0.4, 0.5) is 0 Å². The Kier molecular flexibility index (Phi) is 9.00. The molecule has 0 atom stereocenters. The number of ether oxygens (including phenoxy) is 2. The molecule has 0 saturated heterocycles. The fraction of sp³-hybridized carbons (Fsp3) is 0.966. The minimum Gasteiger partial charge on any atom is -0.381 e. The van der Waals surface area contributed by atoms with Crippen molar-refractivity contribution >= 4 is 9.84 Å². The van der Waals surface area contributed by atoms with Gasteiger partial charge in [-0.15, -0.1) is 0 Å². The van der Waals surface area contributed by atoms with Crippen LogP contribution in [-0.4, -0.2) is 44.3 Å². The molecule has 0 aliphatic heterocycles. The third kappa shape index (κ3) is 6.17. The van der Waals surface area contributed by atoms with Gasteiger partial charge in [-0.05, 0) is 120 Å². The summed E-state index contributed by atoms with van der Waals surface area (Å²) in [5, 5.41) is -0.250. The van der Waals surface area contributed by atoms with Crippen LogP contribution in [0.1, 0.15) is 117 Å². The van der Waals surface area contributed by atoms with Gasteiger partial charge in [0, 0.05) is 7.11 Å². The Labute approximate surface area is 210 Å². The van der Waals surface area contributed by atoms with Crippen LogP contribution in [0.15, 0.2) is 0 Å². The molecule has 4 saturated carbocycles. The van der Waals surface area contributed by atoms with Gasteiger partial charge in [0.1, 0.15) is 0 Å². The lowest BCUT2D eigenvalue weighted by Crippen LogP contribution is -2.40. The van der Waals surface area contributed by atoms with E-state index in [0.29, 0.717) is 23.5 Å². The normalized spacial score (nSPS) is 40.7. The van der Waals surface area contributed by atoms with Crippen LogP contribution in [-0.2, 0) is 19.3 Å². The molecule has 0 spiro atoms. The van der Waals surface area contributed by atoms with Crippen molar-refractivity contribution in [2.45, 2.75) is 145 Å². The van der Waals surface area contributed by atoms with Crippen molar-refractivity contribution in [3.05, 3.63) is 6.92 Å². The zero-order chi connectivity index (χ0) is 24.3. The smallest absolute Gasteiger partial charge is 0.156 e. The van der Waals surface area contributed by atoms with Crippen molar-refractivity contribution in [3.8, 4) is 0 Å². The molecule has 5 heteroatoms. The van der Waals surface area contributed by atoms with E-state index in [1.54, 1.807) is 0 Å². The summed E-state index contributed by atoms with van der Waals surface area (Å²) in [5.41, 5.74) is 0.406. The molecular weight excluding hydrogens is 444 g/mol. The maximum Gasteiger partial charge on any atom is 0.156 e. The van der Waals surface area contributed by atoms with E-state index in [1.165, 1.54) is 51.4 Å². The first-order chi connectivity index (χ1) is 16.2. The molecule has 0 amide bonds. The summed E-state index contributed by atoms with van der Waals surface area (Å²) in [6.45, 7) is 9.15. The summed E-state index contributed by atoms with van der Waals surface area (Å²) in [5.74, 6) is 2.06. The van der Waals surface area contributed by atoms with E-state index in [9.17, 15) is 8.42 Å². The third-order valence-corrected chi connectivity index (χ3v) is 13.3. The van der Waals surface area contributed by atoms with Crippen molar-refractivity contribution in [1.29, 1.82) is 0 Å². The van der Waals surface area contributed by atoms with Gasteiger partial charge in [0.05, 0.1) is 41.7 Å². The fourth-order valence-corrected chi connectivity index (χ4v) is 10.2. The Bertz CT molecular complexity index is 715. The zero-order valence-corrected chi connectivity index (χ0v) is 23.0. The molecule has 4 fully saturated rings. The lowest BCUT2D eigenvalue weighted by Gasteiger charge is -2.47. The molecule has 4 aliphatic carbocycles. The Balaban J connectivity index is 1.19. The molecule has 4 aliphatic rings. The van der Waals surface area contributed by atoms with E-state index in [-0.39, 0.29) is 16.6 Å². The van der Waals surface area contributed by atoms with Gasteiger partial charge in [0.15, 0.2) is 9.84 Å². The van der Waals surface area contributed by atoms with Gasteiger partial charge in [-0.2, -0.15) is 0 Å². The van der Waals surface area contributed by atoms with Gasteiger partial charge >= 0.3 is 0 Å². The minimum atomic E-state index is -3.00. The second kappa shape index (κ2) is 11.4. The maximum atomic E-state index is 13.2. The lowest BCUT2D eigenvalue weighted by atomic mass is 9.60. The molecule has 0 aromatic heterocycles. The molecule has 0 heterocycles. The molecule has 0 aromatic carbocycles. The van der Waals surface area contributed by atoms with Gasteiger partial charge in [-0.1, -0.05) is 13.8 Å². The van der Waals surface area contributed by atoms with E-state index >= 15 is 0 Å². The molecule has 0 N–H and O–H groups in total. The standard InChI is InChI=1S/C29H51O4S/c1-21-5-17-27(18-6-21)34(30,31)28-19-15-26(16-20-28)33-25-13-9-23(10-14-25)29(2,3)22-7-11-24(32-4)12-8-22/h21-28H,1,5-20H2,2-4H3/q+1. The van der Waals surface area contributed by atoms with E-state index in [0.717, 1.165) is 63.2 Å². The molecule has 0 radical (unpaired) electrons. The van der Waals surface area contributed by atoms with Gasteiger partial charge in [0.25, 0.3) is 0 Å². The fourth-order valence-electron chi connectivity index (χ4n) is 7.82. The topological polar surface area (TPSA) is 52.6 Å². The molecule has 0 aromatic rings. The van der Waals surface area contributed by atoms with Crippen LogP contribution in [0, 0.1) is 30.1 Å². The maximum absolute atomic E-state index is 13.2. The van der Waals surface area contributed by atoms with E-state index in [2.05, 4.69) is 20.8 Å². The Hall–Kier alpha value is -0.260. The SMILES string of the molecule is [CH2+]C1CCC(S(=O)(=O)C2CCC(OC3CCC(C(C)(C)C4CCC(OC)CC4)CC3)CC2)CC1. The van der Waals surface area contributed by atoms with Crippen LogP contribution >= 0.6 is 0 Å². The third-order valence-electron chi connectivity index (χ3n) is 10.5. The molecular formula is C29H51O4S+. The van der Waals surface area contributed by atoms with Crippen LogP contribution in [0.25, 0.3) is 0 Å². The average molecular weight is 496 g/mol. The second-order valence-electron chi connectivity index (χ2n) is 12.8. The number of hydrogen-bond donors (Lipinski definition) is 0. The molecule has 34 heavy (non-hydrogen) atoms. The van der Waals surface area contributed by atoms with Crippen LogP contribution in [0.5, 0.6) is 0 Å². The minimum absolute atomic E-state index is 0.115. The highest BCUT2D eigenvalue weighted by Crippen LogP contribution is 2.49. The second-order valence-corrected chi connectivity index (χ2v) is 15.3. The summed E-state index contributed by atoms with van der Waals surface area (Å²) in [6.07, 6.45) is 18.1. The van der Waals surface area contributed by atoms with E-state index in [1.807, 2.05) is 7.11 Å². The van der Waals surface area contributed by atoms with Crippen LogP contribution in [0.3, 0.4) is 0 Å². The molecule has 4 nitrogen and oxygen atoms in total. The highest BCUT2D eigenvalue weighted by atomic mass is 32.2. The number of methoxy groups -OCH3 is 1. The summed E-state index contributed by atoms with van der Waals surface area (Å²) in [4.78, 5) is 0. The summed E-state index contributed by atoms with van der Waals surface area (Å²) >= 11 is 0. The van der Waals surface area contributed by atoms with Crippen molar-refractivity contribution in [3.63, 3.8) is 0 Å². The molecule has 0 unspecified atom stereocenters. The van der Waals surface area contributed by atoms with Gasteiger partial charge in [-0.25, -0.2) is 8.42 Å². The quantitative estimate of drug-likeness (QED) is 0.360. The Morgan fingerprint density at radius 2 is 1.00 bits per heavy atom. The largest absolute Gasteiger partial charge is 0.381 e. The Morgan fingerprint density at radius 1 is 0.618 bits per heavy atom. The molecule has 4 rings (SSSR count). The van der Waals surface area contributed by atoms with Crippen molar-refractivity contribution in [2.24, 2.45) is 23.2 Å². The summed E-state index contributed by atoms with van der Waals surface area (Å²) in [7, 11) is -1.14. The average Bonchev–Trinajstić information content (AvgIpc) is 2.85. The molecule has 196 valence electrons. The van der Waals surface area contributed by atoms with Crippen molar-refractivity contribution < 1.29 is 17.9 Å². The van der Waals surface area contributed by atoms with E-state index < -0.39 is 9.84 Å². The molecule has 0 bridgehead atoms. The first-order valence-corrected chi connectivity index (χ1v) is 16.0. The number of rotatable bonds is 7. The first kappa shape index (κ1) is 26.8. The van der Waals surface area contributed by atoms with Crippen molar-refractivity contribution in [2.75, 3.05) is 7.11 Å². The number of hydrogen-bond acceptors (Lipinski definition) is 4. The van der Waals surface area contributed by atoms with Crippen molar-refractivity contribution in [1.82, 2.24) is 0 Å². The van der Waals surface area contributed by atoms with Gasteiger partial charge in [-0.3, -0.25) is 0 Å². The number of sulfone groups is 1. The summed E-state index contributed by atoms with van der Waals surface area (Å²) in [6, 6.07) is 0. The zero-order valence-electron chi connectivity index (χ0n) is 22.2. The predicted octanol–water partition coefficient (Wildman–Crippen LogP) is 6.91. The van der Waals surface area contributed by atoms with Crippen LogP contribution in [0.2, 0.25) is 0 Å². The van der Waals surface area contributed by atoms with Gasteiger partial charge < -0.3 is 9.47 Å². The highest BCUT2D eigenvalue weighted by molar-refractivity contribution is 7.92. The first-order valence-electron chi connectivity index (χ1n) is 14.4. The van der Waals surface area contributed by atoms with Crippen LogP contribution < -0.4 is 0 Å². The van der Waals surface area contributed by atoms with Gasteiger partial charge in [0.2, 0.25) is 0 Å². The lowest BCUT2D eigenvalue weighted by molar-refractivity contribution is -0.0669. The summed E-state index contributed by atoms with van der Waals surface area (Å²) < 4.78 is 38.5. The monoisotopic (exact) mass is 495 g/mol. The van der Waals surface area contributed by atoms with E-state index in [4.69, 9.17) is 9.47 Å². The predicted molar refractivity (Wildman–Crippen MR) is 139 cm³/mol. The Morgan fingerprint density at radius 3 is 1.44 bits per heavy atom.